The molecule has 1 heterocycles. The van der Waals surface area contributed by atoms with Crippen LogP contribution in [0.2, 0.25) is 0 Å². The Kier molecular flexibility index (Phi) is 2.68. The molecule has 0 spiro atoms. The molecule has 82 valence electrons. The second-order valence-corrected chi connectivity index (χ2v) is 3.53. The van der Waals surface area contributed by atoms with Gasteiger partial charge in [0.2, 0.25) is 5.91 Å². The number of amides is 1. The van der Waals surface area contributed by atoms with E-state index in [0.29, 0.717) is 24.1 Å². The molecular formula is C11H10N2O3. The van der Waals surface area contributed by atoms with Gasteiger partial charge in [0.05, 0.1) is 4.92 Å². The van der Waals surface area contributed by atoms with E-state index in [1.165, 1.54) is 12.1 Å². The van der Waals surface area contributed by atoms with Crippen molar-refractivity contribution in [2.45, 2.75) is 6.42 Å². The number of nitrogens with one attached hydrogen (secondary N) is 1. The Labute approximate surface area is 91.9 Å². The maximum atomic E-state index is 11.3. The Bertz CT molecular complexity index is 480. The van der Waals surface area contributed by atoms with Gasteiger partial charge in [-0.15, -0.1) is 0 Å². The minimum Gasteiger partial charge on any atom is -0.352 e. The van der Waals surface area contributed by atoms with Gasteiger partial charge in [-0.25, -0.2) is 0 Å². The van der Waals surface area contributed by atoms with E-state index in [1.54, 1.807) is 18.2 Å². The third kappa shape index (κ3) is 2.08. The molecule has 0 atom stereocenters. The van der Waals surface area contributed by atoms with Crippen LogP contribution >= 0.6 is 0 Å². The van der Waals surface area contributed by atoms with E-state index in [4.69, 9.17) is 0 Å². The van der Waals surface area contributed by atoms with Gasteiger partial charge in [-0.3, -0.25) is 14.9 Å². The van der Waals surface area contributed by atoms with Gasteiger partial charge in [0.15, 0.2) is 0 Å². The predicted octanol–water partition coefficient (Wildman–Crippen LogP) is 1.50. The second kappa shape index (κ2) is 4.14. The van der Waals surface area contributed by atoms with Crippen molar-refractivity contribution in [2.75, 3.05) is 6.54 Å². The molecule has 1 fully saturated rings. The van der Waals surface area contributed by atoms with Gasteiger partial charge < -0.3 is 5.32 Å². The Balaban J connectivity index is 2.31. The fraction of sp³-hybridized carbons (Fsp3) is 0.182. The molecule has 0 aromatic heterocycles. The third-order valence-electron chi connectivity index (χ3n) is 2.39. The van der Waals surface area contributed by atoms with Crippen LogP contribution in [0.3, 0.4) is 0 Å². The van der Waals surface area contributed by atoms with Crippen LogP contribution in [0.1, 0.15) is 12.0 Å². The van der Waals surface area contributed by atoms with Crippen molar-refractivity contribution in [1.82, 2.24) is 5.32 Å². The number of nitro benzene ring substituents is 1. The van der Waals surface area contributed by atoms with Crippen LogP contribution in [0.4, 0.5) is 5.69 Å². The Morgan fingerprint density at radius 2 is 2.25 bits per heavy atom. The molecule has 1 N–H and O–H groups in total. The van der Waals surface area contributed by atoms with Gasteiger partial charge in [0.25, 0.3) is 5.69 Å². The molecule has 5 heteroatoms. The molecule has 0 unspecified atom stereocenters. The quantitative estimate of drug-likeness (QED) is 0.464. The lowest BCUT2D eigenvalue weighted by molar-refractivity contribution is -0.384. The second-order valence-electron chi connectivity index (χ2n) is 3.53. The summed E-state index contributed by atoms with van der Waals surface area (Å²) in [6.45, 7) is 0.638. The monoisotopic (exact) mass is 218 g/mol. The largest absolute Gasteiger partial charge is 0.352 e. The zero-order valence-corrected chi connectivity index (χ0v) is 8.47. The van der Waals surface area contributed by atoms with E-state index in [2.05, 4.69) is 5.32 Å². The highest BCUT2D eigenvalue weighted by Crippen LogP contribution is 2.18. The molecular weight excluding hydrogens is 208 g/mol. The summed E-state index contributed by atoms with van der Waals surface area (Å²) in [5.74, 6) is -0.0912. The van der Waals surface area contributed by atoms with E-state index < -0.39 is 4.92 Å². The lowest BCUT2D eigenvalue weighted by Crippen LogP contribution is -2.13. The van der Waals surface area contributed by atoms with Crippen molar-refractivity contribution in [1.29, 1.82) is 0 Å². The summed E-state index contributed by atoms with van der Waals surface area (Å²) >= 11 is 0. The van der Waals surface area contributed by atoms with Crippen molar-refractivity contribution < 1.29 is 9.72 Å². The molecule has 1 aliphatic heterocycles. The number of benzene rings is 1. The summed E-state index contributed by atoms with van der Waals surface area (Å²) in [4.78, 5) is 21.4. The molecule has 16 heavy (non-hydrogen) atoms. The minimum atomic E-state index is -0.448. The molecule has 0 bridgehead atoms. The van der Waals surface area contributed by atoms with Crippen LogP contribution in [-0.4, -0.2) is 17.4 Å². The smallest absolute Gasteiger partial charge is 0.270 e. The number of rotatable bonds is 2. The summed E-state index contributed by atoms with van der Waals surface area (Å²) in [5.41, 5.74) is 1.38. The predicted molar refractivity (Wildman–Crippen MR) is 58.7 cm³/mol. The highest BCUT2D eigenvalue weighted by molar-refractivity contribution is 5.99. The fourth-order valence-corrected chi connectivity index (χ4v) is 1.60. The minimum absolute atomic E-state index is 0.0350. The summed E-state index contributed by atoms with van der Waals surface area (Å²) < 4.78 is 0. The van der Waals surface area contributed by atoms with Gasteiger partial charge in [0, 0.05) is 24.3 Å². The van der Waals surface area contributed by atoms with Gasteiger partial charge in [-0.2, -0.15) is 0 Å². The lowest BCUT2D eigenvalue weighted by Gasteiger charge is -1.96. The molecule has 0 radical (unpaired) electrons. The van der Waals surface area contributed by atoms with Crippen molar-refractivity contribution >= 4 is 17.7 Å². The molecule has 0 aliphatic carbocycles. The number of nitrogens with zero attached hydrogens (tertiary/aromatic N) is 1. The molecule has 1 aromatic carbocycles. The van der Waals surface area contributed by atoms with Crippen LogP contribution in [0.15, 0.2) is 29.8 Å². The van der Waals surface area contributed by atoms with Crippen LogP contribution in [0.25, 0.3) is 6.08 Å². The first-order valence-electron chi connectivity index (χ1n) is 4.90. The van der Waals surface area contributed by atoms with E-state index in [1.807, 2.05) is 0 Å². The number of nitro groups is 1. The van der Waals surface area contributed by atoms with Gasteiger partial charge in [-0.1, -0.05) is 12.1 Å². The molecule has 0 saturated carbocycles. The zero-order valence-electron chi connectivity index (χ0n) is 8.47. The SMILES string of the molecule is O=C1NCCC1=Cc1cccc([N+](=O)[O-])c1. The summed E-state index contributed by atoms with van der Waals surface area (Å²) in [7, 11) is 0. The van der Waals surface area contributed by atoms with E-state index >= 15 is 0 Å². The number of carbonyl (C=O) groups is 1. The number of carbonyl (C=O) groups excluding carboxylic acids is 1. The maximum absolute atomic E-state index is 11.3. The molecule has 1 aliphatic rings. The molecule has 1 amide bonds. The van der Waals surface area contributed by atoms with Gasteiger partial charge >= 0.3 is 0 Å². The van der Waals surface area contributed by atoms with Crippen molar-refractivity contribution in [2.24, 2.45) is 0 Å². The highest BCUT2D eigenvalue weighted by Gasteiger charge is 2.16. The number of non-ortho nitro benzene ring substituents is 1. The first kappa shape index (κ1) is 10.4. The molecule has 2 rings (SSSR count). The van der Waals surface area contributed by atoms with Gasteiger partial charge in [-0.05, 0) is 18.1 Å². The normalized spacial score (nSPS) is 17.5. The van der Waals surface area contributed by atoms with Crippen molar-refractivity contribution in [3.8, 4) is 0 Å². The summed E-state index contributed by atoms with van der Waals surface area (Å²) in [6, 6.07) is 6.23. The Hall–Kier alpha value is -2.17. The summed E-state index contributed by atoms with van der Waals surface area (Å²) in [5, 5.41) is 13.2. The zero-order chi connectivity index (χ0) is 11.5. The average molecular weight is 218 g/mol. The third-order valence-corrected chi connectivity index (χ3v) is 2.39. The molecule has 1 aromatic rings. The lowest BCUT2D eigenvalue weighted by atomic mass is 10.1. The first-order valence-corrected chi connectivity index (χ1v) is 4.90. The van der Waals surface area contributed by atoms with Crippen molar-refractivity contribution in [3.63, 3.8) is 0 Å². The van der Waals surface area contributed by atoms with E-state index in [0.717, 1.165) is 0 Å². The topological polar surface area (TPSA) is 72.2 Å². The van der Waals surface area contributed by atoms with E-state index in [-0.39, 0.29) is 11.6 Å². The Morgan fingerprint density at radius 3 is 2.88 bits per heavy atom. The van der Waals surface area contributed by atoms with Crippen LogP contribution in [0.5, 0.6) is 0 Å². The standard InChI is InChI=1S/C11H10N2O3/c14-11-9(4-5-12-11)6-8-2-1-3-10(7-8)13(15)16/h1-3,6-7H,4-5H2,(H,12,14). The average Bonchev–Trinajstić information content (AvgIpc) is 2.65. The van der Waals surface area contributed by atoms with Crippen LogP contribution in [0, 0.1) is 10.1 Å². The van der Waals surface area contributed by atoms with E-state index in [9.17, 15) is 14.9 Å². The van der Waals surface area contributed by atoms with Crippen LogP contribution < -0.4 is 5.32 Å². The van der Waals surface area contributed by atoms with Gasteiger partial charge in [0.1, 0.15) is 0 Å². The molecule has 1 saturated heterocycles. The Morgan fingerprint density at radius 1 is 1.44 bits per heavy atom. The summed E-state index contributed by atoms with van der Waals surface area (Å²) in [6.07, 6.45) is 2.36. The fourth-order valence-electron chi connectivity index (χ4n) is 1.60. The van der Waals surface area contributed by atoms with Crippen LogP contribution in [-0.2, 0) is 4.79 Å². The maximum Gasteiger partial charge on any atom is 0.270 e. The number of hydrogen-bond acceptors (Lipinski definition) is 3. The first-order chi connectivity index (χ1) is 7.66. The number of hydrogen-bond donors (Lipinski definition) is 1. The highest BCUT2D eigenvalue weighted by atomic mass is 16.6. The molecule has 5 nitrogen and oxygen atoms in total. The van der Waals surface area contributed by atoms with Crippen molar-refractivity contribution in [3.05, 3.63) is 45.5 Å².